The van der Waals surface area contributed by atoms with Crippen molar-refractivity contribution < 1.29 is 4.79 Å². The molecule has 108 valence electrons. The van der Waals surface area contributed by atoms with Gasteiger partial charge in [-0.25, -0.2) is 0 Å². The molecule has 0 radical (unpaired) electrons. The van der Waals surface area contributed by atoms with Crippen molar-refractivity contribution in [3.05, 3.63) is 71.3 Å². The van der Waals surface area contributed by atoms with Crippen LogP contribution in [0.25, 0.3) is 0 Å². The van der Waals surface area contributed by atoms with Gasteiger partial charge in [-0.1, -0.05) is 61.5 Å². The zero-order valence-electron chi connectivity index (χ0n) is 12.6. The molecule has 2 aromatic rings. The molecule has 2 heteroatoms. The van der Waals surface area contributed by atoms with Crippen molar-refractivity contribution in [2.75, 3.05) is 13.6 Å². The summed E-state index contributed by atoms with van der Waals surface area (Å²) in [5, 5.41) is 0. The molecule has 2 unspecified atom stereocenters. The second-order valence-electron chi connectivity index (χ2n) is 5.90. The molecule has 0 aromatic heterocycles. The first kappa shape index (κ1) is 14.0. The van der Waals surface area contributed by atoms with E-state index in [9.17, 15) is 4.79 Å². The first-order valence-electron chi connectivity index (χ1n) is 7.56. The summed E-state index contributed by atoms with van der Waals surface area (Å²) in [7, 11) is 2.12. The molecule has 0 N–H and O–H groups in total. The van der Waals surface area contributed by atoms with Gasteiger partial charge in [0, 0.05) is 24.1 Å². The van der Waals surface area contributed by atoms with Gasteiger partial charge in [-0.2, -0.15) is 0 Å². The number of carbonyl (C=O) groups is 1. The summed E-state index contributed by atoms with van der Waals surface area (Å²) in [5.74, 6) is 0.324. The standard InChI is InChI=1S/C19H21NO/c1-14-18(16-10-6-7-11-17(16)19(14)21)20(2)13-12-15-8-4-3-5-9-15/h3-11,14,18H,12-13H2,1-2H3. The maximum absolute atomic E-state index is 12.4. The Hall–Kier alpha value is -1.93. The Morgan fingerprint density at radius 3 is 2.43 bits per heavy atom. The number of hydrogen-bond donors (Lipinski definition) is 0. The average Bonchev–Trinajstić information content (AvgIpc) is 2.78. The van der Waals surface area contributed by atoms with Crippen LogP contribution in [0.15, 0.2) is 54.6 Å². The highest BCUT2D eigenvalue weighted by Gasteiger charge is 2.38. The number of ketones is 1. The fraction of sp³-hybridized carbons (Fsp3) is 0.316. The van der Waals surface area contributed by atoms with Crippen LogP contribution >= 0.6 is 0 Å². The number of nitrogens with zero attached hydrogens (tertiary/aromatic N) is 1. The Bertz CT molecular complexity index is 635. The van der Waals surface area contributed by atoms with Gasteiger partial charge in [0.2, 0.25) is 0 Å². The van der Waals surface area contributed by atoms with Gasteiger partial charge in [0.1, 0.15) is 0 Å². The predicted octanol–water partition coefficient (Wildman–Crippen LogP) is 3.73. The van der Waals surface area contributed by atoms with Crippen molar-refractivity contribution in [3.63, 3.8) is 0 Å². The molecular weight excluding hydrogens is 258 g/mol. The maximum Gasteiger partial charge on any atom is 0.167 e. The molecule has 3 rings (SSSR count). The molecule has 1 aliphatic carbocycles. The minimum absolute atomic E-state index is 0.0446. The van der Waals surface area contributed by atoms with E-state index >= 15 is 0 Å². The molecule has 0 amide bonds. The lowest BCUT2D eigenvalue weighted by Crippen LogP contribution is -2.30. The predicted molar refractivity (Wildman–Crippen MR) is 85.5 cm³/mol. The Labute approximate surface area is 126 Å². The summed E-state index contributed by atoms with van der Waals surface area (Å²) < 4.78 is 0. The number of carbonyl (C=O) groups excluding carboxylic acids is 1. The van der Waals surface area contributed by atoms with E-state index in [1.54, 1.807) is 0 Å². The largest absolute Gasteiger partial charge is 0.298 e. The quantitative estimate of drug-likeness (QED) is 0.850. The zero-order valence-corrected chi connectivity index (χ0v) is 12.6. The number of Topliss-reactive ketones (excluding diaryl/α,β-unsaturated/α-hetero) is 1. The van der Waals surface area contributed by atoms with Gasteiger partial charge in [0.25, 0.3) is 0 Å². The van der Waals surface area contributed by atoms with E-state index in [2.05, 4.69) is 42.3 Å². The molecule has 0 bridgehead atoms. The first-order valence-corrected chi connectivity index (χ1v) is 7.56. The molecule has 2 atom stereocenters. The average molecular weight is 279 g/mol. The van der Waals surface area contributed by atoms with Crippen LogP contribution < -0.4 is 0 Å². The summed E-state index contributed by atoms with van der Waals surface area (Å²) in [6.07, 6.45) is 1.01. The molecule has 21 heavy (non-hydrogen) atoms. The van der Waals surface area contributed by atoms with Gasteiger partial charge < -0.3 is 0 Å². The SMILES string of the molecule is CC1C(=O)c2ccccc2C1N(C)CCc1ccccc1. The third-order valence-electron chi connectivity index (χ3n) is 4.50. The Balaban J connectivity index is 1.76. The molecule has 1 aliphatic rings. The van der Waals surface area contributed by atoms with E-state index in [4.69, 9.17) is 0 Å². The Kier molecular flexibility index (Phi) is 3.89. The monoisotopic (exact) mass is 279 g/mol. The number of rotatable bonds is 4. The molecular formula is C19H21NO. The van der Waals surface area contributed by atoms with E-state index in [1.807, 2.05) is 31.2 Å². The molecule has 2 nitrogen and oxygen atoms in total. The fourth-order valence-electron chi connectivity index (χ4n) is 3.35. The fourth-order valence-corrected chi connectivity index (χ4v) is 3.35. The Morgan fingerprint density at radius 1 is 1.00 bits per heavy atom. The van der Waals surface area contributed by atoms with Crippen molar-refractivity contribution >= 4 is 5.78 Å². The third kappa shape index (κ3) is 2.64. The van der Waals surface area contributed by atoms with Gasteiger partial charge in [0.15, 0.2) is 5.78 Å². The van der Waals surface area contributed by atoms with Crippen molar-refractivity contribution in [3.8, 4) is 0 Å². The molecule has 0 saturated carbocycles. The number of hydrogen-bond acceptors (Lipinski definition) is 2. The third-order valence-corrected chi connectivity index (χ3v) is 4.50. The highest BCUT2D eigenvalue weighted by atomic mass is 16.1. The summed E-state index contributed by atoms with van der Waals surface area (Å²) in [5.41, 5.74) is 3.43. The van der Waals surface area contributed by atoms with Gasteiger partial charge in [0.05, 0.1) is 0 Å². The van der Waals surface area contributed by atoms with Crippen molar-refractivity contribution in [1.82, 2.24) is 4.90 Å². The van der Waals surface area contributed by atoms with Crippen LogP contribution in [0.4, 0.5) is 0 Å². The van der Waals surface area contributed by atoms with Crippen LogP contribution in [0.1, 0.15) is 34.5 Å². The van der Waals surface area contributed by atoms with Crippen molar-refractivity contribution in [2.24, 2.45) is 5.92 Å². The molecule has 0 fully saturated rings. The van der Waals surface area contributed by atoms with Crippen LogP contribution in [0.2, 0.25) is 0 Å². The summed E-state index contributed by atoms with van der Waals surface area (Å²) >= 11 is 0. The van der Waals surface area contributed by atoms with Crippen LogP contribution in [-0.4, -0.2) is 24.3 Å². The summed E-state index contributed by atoms with van der Waals surface area (Å²) in [6.45, 7) is 3.01. The topological polar surface area (TPSA) is 20.3 Å². The molecule has 0 spiro atoms. The first-order chi connectivity index (χ1) is 10.2. The maximum atomic E-state index is 12.4. The van der Waals surface area contributed by atoms with E-state index in [0.29, 0.717) is 0 Å². The number of fused-ring (bicyclic) bond motifs is 1. The molecule has 0 saturated heterocycles. The number of likely N-dealkylation sites (N-methyl/N-ethyl adjacent to an activating group) is 1. The summed E-state index contributed by atoms with van der Waals surface area (Å²) in [4.78, 5) is 14.7. The van der Waals surface area contributed by atoms with Crippen LogP contribution in [0.5, 0.6) is 0 Å². The zero-order chi connectivity index (χ0) is 14.8. The number of benzene rings is 2. The normalized spacial score (nSPS) is 20.8. The highest BCUT2D eigenvalue weighted by Crippen LogP contribution is 2.39. The smallest absolute Gasteiger partial charge is 0.167 e. The van der Waals surface area contributed by atoms with E-state index in [1.165, 1.54) is 11.1 Å². The minimum Gasteiger partial charge on any atom is -0.298 e. The second-order valence-corrected chi connectivity index (χ2v) is 5.90. The second kappa shape index (κ2) is 5.82. The lowest BCUT2D eigenvalue weighted by molar-refractivity contribution is 0.0877. The van der Waals surface area contributed by atoms with Crippen molar-refractivity contribution in [1.29, 1.82) is 0 Å². The van der Waals surface area contributed by atoms with Crippen LogP contribution in [-0.2, 0) is 6.42 Å². The highest BCUT2D eigenvalue weighted by molar-refractivity contribution is 6.02. The van der Waals surface area contributed by atoms with E-state index in [0.717, 1.165) is 18.5 Å². The van der Waals surface area contributed by atoms with E-state index < -0.39 is 0 Å². The van der Waals surface area contributed by atoms with Gasteiger partial charge in [-0.15, -0.1) is 0 Å². The minimum atomic E-state index is 0.0446. The summed E-state index contributed by atoms with van der Waals surface area (Å²) in [6, 6.07) is 18.8. The molecule has 0 aliphatic heterocycles. The van der Waals surface area contributed by atoms with Crippen LogP contribution in [0.3, 0.4) is 0 Å². The van der Waals surface area contributed by atoms with Gasteiger partial charge >= 0.3 is 0 Å². The molecule has 2 aromatic carbocycles. The molecule has 0 heterocycles. The Morgan fingerprint density at radius 2 is 1.67 bits per heavy atom. The van der Waals surface area contributed by atoms with E-state index in [-0.39, 0.29) is 17.7 Å². The lowest BCUT2D eigenvalue weighted by Gasteiger charge is -2.28. The lowest BCUT2D eigenvalue weighted by atomic mass is 10.0. The van der Waals surface area contributed by atoms with Gasteiger partial charge in [-0.3, -0.25) is 9.69 Å². The van der Waals surface area contributed by atoms with Gasteiger partial charge in [-0.05, 0) is 24.6 Å². The van der Waals surface area contributed by atoms with Crippen molar-refractivity contribution in [2.45, 2.75) is 19.4 Å². The van der Waals surface area contributed by atoms with Crippen LogP contribution in [0, 0.1) is 5.92 Å².